The summed E-state index contributed by atoms with van der Waals surface area (Å²) < 4.78 is 33.5. The maximum atomic E-state index is 14.0. The minimum Gasteiger partial charge on any atom is -0.451 e. The third kappa shape index (κ3) is 4.51. The number of hydrogen-bond donors (Lipinski definition) is 1. The third-order valence-electron chi connectivity index (χ3n) is 2.87. The predicted octanol–water partition coefficient (Wildman–Crippen LogP) is 5.02. The van der Waals surface area contributed by atoms with E-state index in [0.717, 1.165) is 18.5 Å². The van der Waals surface area contributed by atoms with Crippen molar-refractivity contribution in [2.24, 2.45) is 0 Å². The van der Waals surface area contributed by atoms with E-state index in [1.54, 1.807) is 12.1 Å². The number of nitrogens with one attached hydrogen (secondary N) is 1. The number of ether oxygens (including phenoxy) is 1. The first-order valence-corrected chi connectivity index (χ1v) is 7.51. The molecule has 1 N–H and O–H groups in total. The summed E-state index contributed by atoms with van der Waals surface area (Å²) in [4.78, 5) is 0. The molecule has 5 heteroatoms. The Bertz CT molecular complexity index is 619. The van der Waals surface area contributed by atoms with Crippen molar-refractivity contribution in [3.63, 3.8) is 0 Å². The molecular weight excluding hydrogens is 340 g/mol. The molecule has 0 amide bonds. The van der Waals surface area contributed by atoms with Gasteiger partial charge in [-0.25, -0.2) is 8.78 Å². The standard InChI is InChI=1S/C16H16BrF2NO/c1-2-7-20-10-11-3-5-15(13(18)8-11)21-16-6-4-12(17)9-14(16)19/h3-6,8-9,20H,2,7,10H2,1H3. The summed E-state index contributed by atoms with van der Waals surface area (Å²) in [5.74, 6) is -1.05. The zero-order valence-electron chi connectivity index (χ0n) is 11.6. The summed E-state index contributed by atoms with van der Waals surface area (Å²) in [6.07, 6.45) is 1.02. The lowest BCUT2D eigenvalue weighted by molar-refractivity contribution is 0.414. The van der Waals surface area contributed by atoms with Crippen molar-refractivity contribution in [2.45, 2.75) is 19.9 Å². The summed E-state index contributed by atoms with van der Waals surface area (Å²) >= 11 is 3.16. The minimum absolute atomic E-state index is 0.00559. The molecule has 0 fully saturated rings. The second-order valence-corrected chi connectivity index (χ2v) is 5.53. The molecule has 0 saturated carbocycles. The van der Waals surface area contributed by atoms with Crippen LogP contribution in [0.2, 0.25) is 0 Å². The normalized spacial score (nSPS) is 10.7. The van der Waals surface area contributed by atoms with Crippen molar-refractivity contribution in [3.8, 4) is 11.5 Å². The Hall–Kier alpha value is -1.46. The Morgan fingerprint density at radius 1 is 1.05 bits per heavy atom. The molecule has 0 saturated heterocycles. The van der Waals surface area contributed by atoms with E-state index in [4.69, 9.17) is 4.74 Å². The highest BCUT2D eigenvalue weighted by Crippen LogP contribution is 2.29. The molecule has 0 aliphatic carbocycles. The second-order valence-electron chi connectivity index (χ2n) is 4.62. The molecule has 0 aliphatic rings. The lowest BCUT2D eigenvalue weighted by Gasteiger charge is -2.10. The summed E-state index contributed by atoms with van der Waals surface area (Å²) in [7, 11) is 0. The highest BCUT2D eigenvalue weighted by atomic mass is 79.9. The van der Waals surface area contributed by atoms with Gasteiger partial charge >= 0.3 is 0 Å². The van der Waals surface area contributed by atoms with Crippen LogP contribution in [0, 0.1) is 11.6 Å². The van der Waals surface area contributed by atoms with Gasteiger partial charge in [0.1, 0.15) is 0 Å². The van der Waals surface area contributed by atoms with Gasteiger partial charge in [0.05, 0.1) is 0 Å². The molecule has 2 aromatic carbocycles. The molecule has 0 atom stereocenters. The Balaban J connectivity index is 2.10. The fraction of sp³-hybridized carbons (Fsp3) is 0.250. The largest absolute Gasteiger partial charge is 0.451 e. The van der Waals surface area contributed by atoms with Crippen LogP contribution in [-0.4, -0.2) is 6.54 Å². The van der Waals surface area contributed by atoms with Gasteiger partial charge in [-0.3, -0.25) is 0 Å². The molecule has 0 spiro atoms. The molecule has 21 heavy (non-hydrogen) atoms. The van der Waals surface area contributed by atoms with Crippen LogP contribution in [0.25, 0.3) is 0 Å². The van der Waals surface area contributed by atoms with Crippen LogP contribution in [0.1, 0.15) is 18.9 Å². The molecule has 2 rings (SSSR count). The maximum Gasteiger partial charge on any atom is 0.166 e. The van der Waals surface area contributed by atoms with Crippen molar-refractivity contribution < 1.29 is 13.5 Å². The molecule has 0 bridgehead atoms. The smallest absolute Gasteiger partial charge is 0.166 e. The summed E-state index contributed by atoms with van der Waals surface area (Å²) in [6.45, 7) is 3.54. The van der Waals surface area contributed by atoms with Crippen LogP contribution < -0.4 is 10.1 Å². The monoisotopic (exact) mass is 355 g/mol. The van der Waals surface area contributed by atoms with Gasteiger partial charge in [-0.05, 0) is 48.9 Å². The highest BCUT2D eigenvalue weighted by molar-refractivity contribution is 9.10. The van der Waals surface area contributed by atoms with E-state index in [9.17, 15) is 8.78 Å². The van der Waals surface area contributed by atoms with E-state index in [1.807, 2.05) is 0 Å². The van der Waals surface area contributed by atoms with Crippen LogP contribution in [0.5, 0.6) is 11.5 Å². The molecule has 0 aliphatic heterocycles. The zero-order chi connectivity index (χ0) is 15.2. The second kappa shape index (κ2) is 7.52. The summed E-state index contributed by atoms with van der Waals surface area (Å²) in [6, 6.07) is 9.04. The number of halogens is 3. The number of rotatable bonds is 6. The first-order chi connectivity index (χ1) is 10.1. The molecule has 0 unspecified atom stereocenters. The van der Waals surface area contributed by atoms with Gasteiger partial charge in [-0.1, -0.05) is 28.9 Å². The van der Waals surface area contributed by atoms with E-state index in [-0.39, 0.29) is 11.5 Å². The van der Waals surface area contributed by atoms with Crippen LogP contribution in [-0.2, 0) is 6.54 Å². The Kier molecular flexibility index (Phi) is 5.70. The fourth-order valence-corrected chi connectivity index (χ4v) is 2.16. The average Bonchev–Trinajstić information content (AvgIpc) is 2.44. The molecule has 2 nitrogen and oxygen atoms in total. The Morgan fingerprint density at radius 2 is 1.71 bits per heavy atom. The molecule has 2 aromatic rings. The average molecular weight is 356 g/mol. The van der Waals surface area contributed by atoms with Crippen molar-refractivity contribution in [3.05, 3.63) is 58.1 Å². The molecule has 0 heterocycles. The van der Waals surface area contributed by atoms with Gasteiger partial charge in [0, 0.05) is 11.0 Å². The fourth-order valence-electron chi connectivity index (χ4n) is 1.82. The molecule has 0 radical (unpaired) electrons. The molecule has 0 aromatic heterocycles. The van der Waals surface area contributed by atoms with E-state index in [1.165, 1.54) is 24.3 Å². The highest BCUT2D eigenvalue weighted by Gasteiger charge is 2.10. The predicted molar refractivity (Wildman–Crippen MR) is 82.6 cm³/mol. The molecular formula is C16H16BrF2NO. The third-order valence-corrected chi connectivity index (χ3v) is 3.36. The summed E-state index contributed by atoms with van der Waals surface area (Å²) in [5, 5.41) is 3.19. The van der Waals surface area contributed by atoms with Crippen LogP contribution in [0.4, 0.5) is 8.78 Å². The van der Waals surface area contributed by atoms with Crippen molar-refractivity contribution in [1.82, 2.24) is 5.32 Å². The lowest BCUT2D eigenvalue weighted by atomic mass is 10.2. The van der Waals surface area contributed by atoms with Crippen LogP contribution >= 0.6 is 15.9 Å². The lowest BCUT2D eigenvalue weighted by Crippen LogP contribution is -2.13. The molecule has 112 valence electrons. The number of benzene rings is 2. The zero-order valence-corrected chi connectivity index (χ0v) is 13.2. The maximum absolute atomic E-state index is 14.0. The van der Waals surface area contributed by atoms with E-state index in [0.29, 0.717) is 11.0 Å². The topological polar surface area (TPSA) is 21.3 Å². The van der Waals surface area contributed by atoms with Crippen molar-refractivity contribution in [1.29, 1.82) is 0 Å². The van der Waals surface area contributed by atoms with Gasteiger partial charge in [0.2, 0.25) is 0 Å². The van der Waals surface area contributed by atoms with Gasteiger partial charge in [0.25, 0.3) is 0 Å². The minimum atomic E-state index is -0.544. The quantitative estimate of drug-likeness (QED) is 0.734. The first-order valence-electron chi connectivity index (χ1n) is 6.72. The Labute approximate surface area is 131 Å². The van der Waals surface area contributed by atoms with Crippen molar-refractivity contribution in [2.75, 3.05) is 6.54 Å². The van der Waals surface area contributed by atoms with Crippen molar-refractivity contribution >= 4 is 15.9 Å². The Morgan fingerprint density at radius 3 is 2.33 bits per heavy atom. The summed E-state index contributed by atoms with van der Waals surface area (Å²) in [5.41, 5.74) is 0.824. The van der Waals surface area contributed by atoms with Crippen LogP contribution in [0.15, 0.2) is 40.9 Å². The van der Waals surface area contributed by atoms with E-state index >= 15 is 0 Å². The van der Waals surface area contributed by atoms with E-state index in [2.05, 4.69) is 28.2 Å². The van der Waals surface area contributed by atoms with Gasteiger partial charge in [-0.15, -0.1) is 0 Å². The van der Waals surface area contributed by atoms with Gasteiger partial charge < -0.3 is 10.1 Å². The van der Waals surface area contributed by atoms with Crippen LogP contribution in [0.3, 0.4) is 0 Å². The number of hydrogen-bond acceptors (Lipinski definition) is 2. The van der Waals surface area contributed by atoms with Gasteiger partial charge in [-0.2, -0.15) is 0 Å². The first kappa shape index (κ1) is 15.9. The SMILES string of the molecule is CCCNCc1ccc(Oc2ccc(Br)cc2F)c(F)c1. The van der Waals surface area contributed by atoms with E-state index < -0.39 is 11.6 Å². The van der Waals surface area contributed by atoms with Gasteiger partial charge in [0.15, 0.2) is 23.1 Å².